The summed E-state index contributed by atoms with van der Waals surface area (Å²) in [6.07, 6.45) is 0. The van der Waals surface area contributed by atoms with Crippen LogP contribution in [-0.4, -0.2) is 49.7 Å². The molecule has 0 spiro atoms. The van der Waals surface area contributed by atoms with E-state index in [-0.39, 0.29) is 18.8 Å². The van der Waals surface area contributed by atoms with Crippen LogP contribution in [0.3, 0.4) is 0 Å². The Labute approximate surface area is 132 Å². The van der Waals surface area contributed by atoms with Gasteiger partial charge in [-0.25, -0.2) is 9.59 Å². The van der Waals surface area contributed by atoms with Crippen molar-refractivity contribution in [3.8, 4) is 0 Å². The van der Waals surface area contributed by atoms with Crippen LogP contribution >= 0.6 is 23.5 Å². The number of esters is 2. The van der Waals surface area contributed by atoms with E-state index in [1.165, 1.54) is 4.91 Å². The van der Waals surface area contributed by atoms with Gasteiger partial charge in [-0.1, -0.05) is 0 Å². The van der Waals surface area contributed by atoms with E-state index in [1.807, 2.05) is 0 Å². The van der Waals surface area contributed by atoms with Crippen LogP contribution < -0.4 is 5.32 Å². The van der Waals surface area contributed by atoms with E-state index in [0.717, 1.165) is 29.3 Å². The summed E-state index contributed by atoms with van der Waals surface area (Å²) in [6.45, 7) is 5.63. The molecule has 0 saturated carbocycles. The quantitative estimate of drug-likeness (QED) is 0.364. The Balaban J connectivity index is 2.39. The fraction of sp³-hybridized carbons (Fsp3) is 0.571. The van der Waals surface area contributed by atoms with Crippen LogP contribution in [0.1, 0.15) is 13.8 Å². The molecule has 0 aromatic heterocycles. The maximum Gasteiger partial charge on any atom is 0.345 e. The molecule has 0 atom stereocenters. The van der Waals surface area contributed by atoms with Crippen molar-refractivity contribution in [3.05, 3.63) is 21.0 Å². The first-order valence-corrected chi connectivity index (χ1v) is 8.93. The van der Waals surface area contributed by atoms with E-state index in [0.29, 0.717) is 5.75 Å². The Kier molecular flexibility index (Phi) is 6.20. The van der Waals surface area contributed by atoms with Crippen LogP contribution in [0.25, 0.3) is 0 Å². The van der Waals surface area contributed by atoms with Crippen LogP contribution in [0.4, 0.5) is 0 Å². The zero-order valence-electron chi connectivity index (χ0n) is 12.2. The summed E-state index contributed by atoms with van der Waals surface area (Å²) in [7, 11) is 0. The van der Waals surface area contributed by atoms with Gasteiger partial charge in [-0.3, -0.25) is 0 Å². The van der Waals surface area contributed by atoms with Gasteiger partial charge in [0.25, 0.3) is 0 Å². The fourth-order valence-electron chi connectivity index (χ4n) is 2.11. The Hall–Kier alpha value is -0.920. The summed E-state index contributed by atoms with van der Waals surface area (Å²) in [5.41, 5.74) is 0.825. The van der Waals surface area contributed by atoms with E-state index in [9.17, 15) is 9.59 Å². The van der Waals surface area contributed by atoms with Crippen LogP contribution in [0, 0.1) is 0 Å². The molecular weight excluding hydrogens is 310 g/mol. The smallest absolute Gasteiger partial charge is 0.345 e. The number of hydrogen-bond acceptors (Lipinski definition) is 7. The average molecular weight is 329 g/mol. The fourth-order valence-corrected chi connectivity index (χ4v) is 4.65. The lowest BCUT2D eigenvalue weighted by Gasteiger charge is -2.11. The molecule has 0 aliphatic carbocycles. The molecule has 2 aliphatic heterocycles. The topological polar surface area (TPSA) is 64.6 Å². The summed E-state index contributed by atoms with van der Waals surface area (Å²) < 4.78 is 10.1. The van der Waals surface area contributed by atoms with Gasteiger partial charge >= 0.3 is 11.9 Å². The van der Waals surface area contributed by atoms with Crippen molar-refractivity contribution in [3.63, 3.8) is 0 Å². The predicted octanol–water partition coefficient (Wildman–Crippen LogP) is 1.70. The van der Waals surface area contributed by atoms with Gasteiger partial charge in [-0.2, -0.15) is 0 Å². The van der Waals surface area contributed by atoms with E-state index in [2.05, 4.69) is 5.32 Å². The number of carbonyl (C=O) groups is 2. The third-order valence-corrected chi connectivity index (χ3v) is 5.44. The van der Waals surface area contributed by atoms with E-state index in [1.54, 1.807) is 37.4 Å². The molecule has 0 radical (unpaired) electrons. The first-order valence-electron chi connectivity index (χ1n) is 6.96. The largest absolute Gasteiger partial charge is 0.462 e. The third kappa shape index (κ3) is 3.84. The minimum Gasteiger partial charge on any atom is -0.462 e. The molecule has 0 bridgehead atoms. The average Bonchev–Trinajstić information content (AvgIpc) is 2.70. The van der Waals surface area contributed by atoms with Crippen molar-refractivity contribution in [1.29, 1.82) is 0 Å². The maximum absolute atomic E-state index is 12.2. The molecule has 116 valence electrons. The molecule has 0 unspecified atom stereocenters. The summed E-state index contributed by atoms with van der Waals surface area (Å²) >= 11 is 3.35. The number of ether oxygens (including phenoxy) is 2. The molecule has 2 heterocycles. The summed E-state index contributed by atoms with van der Waals surface area (Å²) in [5.74, 6) is 0.366. The molecule has 21 heavy (non-hydrogen) atoms. The van der Waals surface area contributed by atoms with E-state index >= 15 is 0 Å². The van der Waals surface area contributed by atoms with Gasteiger partial charge in [-0.15, -0.1) is 23.5 Å². The van der Waals surface area contributed by atoms with Crippen LogP contribution in [0.15, 0.2) is 21.0 Å². The lowest BCUT2D eigenvalue weighted by Crippen LogP contribution is -2.21. The van der Waals surface area contributed by atoms with Gasteiger partial charge in [0.1, 0.15) is 5.57 Å². The van der Waals surface area contributed by atoms with Crippen molar-refractivity contribution >= 4 is 35.5 Å². The first-order chi connectivity index (χ1) is 10.2. The van der Waals surface area contributed by atoms with Gasteiger partial charge in [0.15, 0.2) is 0 Å². The summed E-state index contributed by atoms with van der Waals surface area (Å²) in [4.78, 5) is 26.6. The molecule has 5 nitrogen and oxygen atoms in total. The Morgan fingerprint density at radius 3 is 2.43 bits per heavy atom. The maximum atomic E-state index is 12.2. The normalized spacial score (nSPS) is 18.1. The minimum absolute atomic E-state index is 0.0607. The van der Waals surface area contributed by atoms with Crippen molar-refractivity contribution < 1.29 is 19.1 Å². The van der Waals surface area contributed by atoms with Gasteiger partial charge in [-0.05, 0) is 19.4 Å². The first kappa shape index (κ1) is 16.5. The highest BCUT2D eigenvalue weighted by Gasteiger charge is 2.32. The number of carbonyl (C=O) groups excluding carboxylic acids is 2. The Morgan fingerprint density at radius 2 is 1.81 bits per heavy atom. The molecule has 0 aromatic rings. The molecule has 0 amide bonds. The summed E-state index contributed by atoms with van der Waals surface area (Å²) in [6, 6.07) is 0. The number of thioether (sulfide) groups is 2. The van der Waals surface area contributed by atoms with Gasteiger partial charge < -0.3 is 14.8 Å². The van der Waals surface area contributed by atoms with Crippen LogP contribution in [0.2, 0.25) is 0 Å². The Bertz CT molecular complexity index is 479. The molecule has 0 aromatic carbocycles. The molecule has 0 fully saturated rings. The highest BCUT2D eigenvalue weighted by atomic mass is 32.2. The van der Waals surface area contributed by atoms with Gasteiger partial charge in [0.05, 0.1) is 13.2 Å². The lowest BCUT2D eigenvalue weighted by atomic mass is 10.1. The van der Waals surface area contributed by atoms with Gasteiger partial charge in [0, 0.05) is 34.4 Å². The second kappa shape index (κ2) is 7.91. The molecule has 7 heteroatoms. The second-order valence-corrected chi connectivity index (χ2v) is 6.54. The molecule has 1 N–H and O–H groups in total. The Morgan fingerprint density at radius 1 is 1.14 bits per heavy atom. The SMILES string of the molecule is CCOC(=O)C(C(=O)OCC)=C1CSC2=C1SCCNC2. The van der Waals surface area contributed by atoms with Gasteiger partial charge in [0.2, 0.25) is 0 Å². The monoisotopic (exact) mass is 329 g/mol. The molecule has 0 saturated heterocycles. The third-order valence-electron chi connectivity index (χ3n) is 2.99. The molecule has 2 rings (SSSR count). The van der Waals surface area contributed by atoms with Crippen molar-refractivity contribution in [2.24, 2.45) is 0 Å². The minimum atomic E-state index is -0.585. The highest BCUT2D eigenvalue weighted by molar-refractivity contribution is 8.08. The highest BCUT2D eigenvalue weighted by Crippen LogP contribution is 2.44. The lowest BCUT2D eigenvalue weighted by molar-refractivity contribution is -0.146. The van der Waals surface area contributed by atoms with E-state index < -0.39 is 11.9 Å². The van der Waals surface area contributed by atoms with Crippen LogP contribution in [0.5, 0.6) is 0 Å². The number of hydrogen-bond donors (Lipinski definition) is 1. The number of nitrogens with one attached hydrogen (secondary N) is 1. The second-order valence-electron chi connectivity index (χ2n) is 4.36. The van der Waals surface area contributed by atoms with Crippen LogP contribution in [-0.2, 0) is 19.1 Å². The number of rotatable bonds is 4. The zero-order chi connectivity index (χ0) is 15.2. The molecule has 2 aliphatic rings. The zero-order valence-corrected chi connectivity index (χ0v) is 13.8. The summed E-state index contributed by atoms with van der Waals surface area (Å²) in [5, 5.41) is 3.33. The standard InChI is InChI=1S/C14H19NO4S2/c1-3-18-13(16)11(14(17)19-4-2)9-8-21-10-7-15-5-6-20-12(9)10/h15H,3-8H2,1-2H3. The van der Waals surface area contributed by atoms with Crippen molar-refractivity contribution in [2.45, 2.75) is 13.8 Å². The van der Waals surface area contributed by atoms with E-state index in [4.69, 9.17) is 9.47 Å². The number of allylic oxidation sites excluding steroid dienone is 1. The van der Waals surface area contributed by atoms with Crippen molar-refractivity contribution in [2.75, 3.05) is 37.8 Å². The van der Waals surface area contributed by atoms with Crippen molar-refractivity contribution in [1.82, 2.24) is 5.32 Å². The predicted molar refractivity (Wildman–Crippen MR) is 85.1 cm³/mol. The molecular formula is C14H19NO4S2.